The van der Waals surface area contributed by atoms with Crippen LogP contribution in [0.2, 0.25) is 0 Å². The summed E-state index contributed by atoms with van der Waals surface area (Å²) >= 11 is 0. The van der Waals surface area contributed by atoms with Crippen molar-refractivity contribution in [3.63, 3.8) is 0 Å². The molecule has 0 aromatic heterocycles. The number of ketones is 1. The van der Waals surface area contributed by atoms with Gasteiger partial charge in [-0.1, -0.05) is 69.7 Å². The van der Waals surface area contributed by atoms with Crippen LogP contribution in [0, 0.1) is 34.5 Å². The Bertz CT molecular complexity index is 826. The van der Waals surface area contributed by atoms with Crippen LogP contribution in [0.25, 0.3) is 0 Å². The van der Waals surface area contributed by atoms with Gasteiger partial charge in [0, 0.05) is 12.3 Å². The number of rotatable bonds is 4. The van der Waals surface area contributed by atoms with E-state index in [9.17, 15) is 9.90 Å². The molecular weight excluding hydrogens is 392 g/mol. The van der Waals surface area contributed by atoms with Crippen molar-refractivity contribution in [2.75, 3.05) is 0 Å². The van der Waals surface area contributed by atoms with Crippen LogP contribution in [0.4, 0.5) is 0 Å². The summed E-state index contributed by atoms with van der Waals surface area (Å²) in [6.45, 7) is 8.94. The predicted octanol–water partition coefficient (Wildman–Crippen LogP) is 7.15. The molecule has 3 fully saturated rings. The predicted molar refractivity (Wildman–Crippen MR) is 132 cm³/mol. The van der Waals surface area contributed by atoms with E-state index in [2.05, 4.69) is 44.2 Å². The number of benzene rings is 1. The van der Waals surface area contributed by atoms with Crippen molar-refractivity contribution in [1.82, 2.24) is 0 Å². The van der Waals surface area contributed by atoms with E-state index >= 15 is 0 Å². The maximum atomic E-state index is 13.3. The third-order valence-electron chi connectivity index (χ3n) is 9.97. The van der Waals surface area contributed by atoms with Crippen molar-refractivity contribution >= 4 is 5.78 Å². The Hall–Kier alpha value is -1.41. The number of aliphatic hydroxyl groups is 1. The summed E-state index contributed by atoms with van der Waals surface area (Å²) in [6.07, 6.45) is 12.9. The third-order valence-corrected chi connectivity index (χ3v) is 9.97. The molecular formula is C30H44O2. The zero-order chi connectivity index (χ0) is 22.9. The van der Waals surface area contributed by atoms with Crippen LogP contribution in [-0.2, 0) is 11.2 Å². The van der Waals surface area contributed by atoms with Gasteiger partial charge in [0.25, 0.3) is 0 Å². The molecule has 0 aliphatic heterocycles. The summed E-state index contributed by atoms with van der Waals surface area (Å²) in [5.74, 6) is 2.96. The minimum Gasteiger partial charge on any atom is -0.393 e. The molecule has 2 unspecified atom stereocenters. The molecule has 7 atom stereocenters. The molecule has 4 aliphatic carbocycles. The van der Waals surface area contributed by atoms with Gasteiger partial charge in [0.1, 0.15) is 5.78 Å². The normalized spacial score (nSPS) is 40.2. The van der Waals surface area contributed by atoms with Crippen molar-refractivity contribution in [3.8, 4) is 0 Å². The van der Waals surface area contributed by atoms with Crippen molar-refractivity contribution < 1.29 is 9.90 Å². The fourth-order valence-corrected chi connectivity index (χ4v) is 8.26. The van der Waals surface area contributed by atoms with E-state index in [-0.39, 0.29) is 17.4 Å². The molecule has 5 rings (SSSR count). The lowest BCUT2D eigenvalue weighted by atomic mass is 9.47. The summed E-state index contributed by atoms with van der Waals surface area (Å²) in [7, 11) is 0. The second-order valence-corrected chi connectivity index (χ2v) is 11.3. The van der Waals surface area contributed by atoms with Gasteiger partial charge < -0.3 is 5.11 Å². The van der Waals surface area contributed by atoms with Crippen molar-refractivity contribution in [1.29, 1.82) is 0 Å². The van der Waals surface area contributed by atoms with Gasteiger partial charge in [-0.2, -0.15) is 0 Å². The number of hydrogen-bond donors (Lipinski definition) is 1. The topological polar surface area (TPSA) is 37.3 Å². The lowest BCUT2D eigenvalue weighted by molar-refractivity contribution is -0.129. The Morgan fingerprint density at radius 2 is 1.75 bits per heavy atom. The first-order valence-electron chi connectivity index (χ1n) is 13.4. The van der Waals surface area contributed by atoms with Crippen LogP contribution in [0.3, 0.4) is 0 Å². The summed E-state index contributed by atoms with van der Waals surface area (Å²) in [6, 6.07) is 10.5. The summed E-state index contributed by atoms with van der Waals surface area (Å²) in [5.41, 5.74) is 3.31. The van der Waals surface area contributed by atoms with E-state index in [1.54, 1.807) is 5.57 Å². The van der Waals surface area contributed by atoms with Crippen LogP contribution in [-0.4, -0.2) is 17.0 Å². The van der Waals surface area contributed by atoms with Gasteiger partial charge >= 0.3 is 0 Å². The molecule has 1 N–H and O–H groups in total. The molecule has 2 heteroatoms. The highest BCUT2D eigenvalue weighted by Crippen LogP contribution is 2.66. The molecule has 32 heavy (non-hydrogen) atoms. The highest BCUT2D eigenvalue weighted by atomic mass is 16.3. The summed E-state index contributed by atoms with van der Waals surface area (Å²) in [4.78, 5) is 13.3. The fourth-order valence-electron chi connectivity index (χ4n) is 8.26. The van der Waals surface area contributed by atoms with Crippen LogP contribution in [0.1, 0.15) is 91.0 Å². The second-order valence-electron chi connectivity index (χ2n) is 11.3. The molecule has 2 nitrogen and oxygen atoms in total. The first kappa shape index (κ1) is 23.7. The van der Waals surface area contributed by atoms with Gasteiger partial charge in [0.05, 0.1) is 6.10 Å². The van der Waals surface area contributed by atoms with E-state index in [0.717, 1.165) is 43.9 Å². The van der Waals surface area contributed by atoms with Crippen LogP contribution in [0.5, 0.6) is 0 Å². The van der Waals surface area contributed by atoms with Gasteiger partial charge in [0.2, 0.25) is 0 Å². The monoisotopic (exact) mass is 436 g/mol. The molecule has 176 valence electrons. The Morgan fingerprint density at radius 3 is 2.50 bits per heavy atom. The first-order valence-corrected chi connectivity index (χ1v) is 13.4. The second kappa shape index (κ2) is 9.45. The van der Waals surface area contributed by atoms with E-state index < -0.39 is 0 Å². The Morgan fingerprint density at radius 1 is 1.00 bits per heavy atom. The lowest BCUT2D eigenvalue weighted by Crippen LogP contribution is -2.51. The van der Waals surface area contributed by atoms with Gasteiger partial charge in [-0.3, -0.25) is 4.79 Å². The molecule has 1 aromatic carbocycles. The molecule has 0 bridgehead atoms. The number of aliphatic hydroxyl groups excluding tert-OH is 1. The van der Waals surface area contributed by atoms with Crippen LogP contribution >= 0.6 is 0 Å². The minimum absolute atomic E-state index is 0.132. The molecule has 0 spiro atoms. The average Bonchev–Trinajstić information content (AvgIpc) is 3.17. The number of hydrogen-bond acceptors (Lipinski definition) is 2. The van der Waals surface area contributed by atoms with Gasteiger partial charge in [0.15, 0.2) is 0 Å². The zero-order valence-electron chi connectivity index (χ0n) is 20.8. The molecule has 0 amide bonds. The molecule has 0 saturated heterocycles. The molecule has 1 aromatic rings. The Kier molecular flexibility index (Phi) is 7.01. The van der Waals surface area contributed by atoms with Crippen LogP contribution < -0.4 is 0 Å². The lowest BCUT2D eigenvalue weighted by Gasteiger charge is -2.58. The number of carbonyl (C=O) groups is 1. The molecule has 3 saturated carbocycles. The number of aryl methyl sites for hydroxylation is 1. The standard InChI is InChI=1S/C28H38O2.C2H6/c1-27-16-14-21(29)18-20(27)9-10-22-23-11-12-25(28(23,2)17-15-24(22)27)26(30)13-8-19-6-4-3-5-7-19;1-2/h3-7,9,21-25,29H,8,10-18H2,1-2H3;1-2H3/t21-,22-,23?,24?,25+,27-,28-;/m0./s1. The van der Waals surface area contributed by atoms with Crippen molar-refractivity contribution in [3.05, 3.63) is 47.5 Å². The van der Waals surface area contributed by atoms with E-state index in [0.29, 0.717) is 23.5 Å². The average molecular weight is 437 g/mol. The van der Waals surface area contributed by atoms with Crippen LogP contribution in [0.15, 0.2) is 42.0 Å². The summed E-state index contributed by atoms with van der Waals surface area (Å²) < 4.78 is 0. The summed E-state index contributed by atoms with van der Waals surface area (Å²) in [5, 5.41) is 10.2. The first-order chi connectivity index (χ1) is 15.4. The number of Topliss-reactive ketones (excluding diaryl/α,β-unsaturated/α-hetero) is 1. The number of carbonyl (C=O) groups excluding carboxylic acids is 1. The van der Waals surface area contributed by atoms with Crippen molar-refractivity contribution in [2.45, 2.75) is 98.0 Å². The molecule has 4 aliphatic rings. The molecule has 0 radical (unpaired) electrons. The SMILES string of the molecule is CC.C[C@]12CC[C@H](O)CC1=CC[C@@H]1C2CC[C@@]2(C)C1CC[C@@H]2C(=O)CCc1ccccc1. The molecule has 0 heterocycles. The highest BCUT2D eigenvalue weighted by Gasteiger charge is 2.59. The van der Waals surface area contributed by atoms with E-state index in [1.165, 1.54) is 31.2 Å². The zero-order valence-corrected chi connectivity index (χ0v) is 20.8. The maximum absolute atomic E-state index is 13.3. The minimum atomic E-state index is -0.132. The Labute approximate surface area is 195 Å². The highest BCUT2D eigenvalue weighted by molar-refractivity contribution is 5.82. The quantitative estimate of drug-likeness (QED) is 0.509. The largest absolute Gasteiger partial charge is 0.393 e. The maximum Gasteiger partial charge on any atom is 0.136 e. The van der Waals surface area contributed by atoms with E-state index in [1.807, 2.05) is 19.9 Å². The van der Waals surface area contributed by atoms with Gasteiger partial charge in [-0.25, -0.2) is 0 Å². The third kappa shape index (κ3) is 4.02. The number of fused-ring (bicyclic) bond motifs is 5. The van der Waals surface area contributed by atoms with Gasteiger partial charge in [-0.15, -0.1) is 0 Å². The van der Waals surface area contributed by atoms with E-state index in [4.69, 9.17) is 0 Å². The Balaban J connectivity index is 0.00000119. The smallest absolute Gasteiger partial charge is 0.136 e. The van der Waals surface area contributed by atoms with Gasteiger partial charge in [-0.05, 0) is 91.9 Å². The number of allylic oxidation sites excluding steroid dienone is 1. The fraction of sp³-hybridized carbons (Fsp3) is 0.700. The van der Waals surface area contributed by atoms with Crippen molar-refractivity contribution in [2.24, 2.45) is 34.5 Å².